The Hall–Kier alpha value is -1.78. The molecule has 2 aliphatic rings. The van der Waals surface area contributed by atoms with E-state index in [4.69, 9.17) is 4.74 Å². The summed E-state index contributed by atoms with van der Waals surface area (Å²) in [7, 11) is 0. The summed E-state index contributed by atoms with van der Waals surface area (Å²) < 4.78 is 5.93. The summed E-state index contributed by atoms with van der Waals surface area (Å²) in [6.45, 7) is 4.18. The number of aromatic nitrogens is 2. The summed E-state index contributed by atoms with van der Waals surface area (Å²) in [5.74, 6) is 0.731. The number of rotatable bonds is 1. The molecule has 2 atom stereocenters. The van der Waals surface area contributed by atoms with Gasteiger partial charge in [0, 0.05) is 12.3 Å². The monoisotopic (exact) mass is 262 g/mol. The van der Waals surface area contributed by atoms with Gasteiger partial charge < -0.3 is 4.74 Å². The molecular formula is C14H18N2O3. The zero-order valence-corrected chi connectivity index (χ0v) is 11.2. The van der Waals surface area contributed by atoms with Crippen molar-refractivity contribution >= 4 is 0 Å². The van der Waals surface area contributed by atoms with Gasteiger partial charge in [-0.05, 0) is 33.1 Å². The van der Waals surface area contributed by atoms with Crippen molar-refractivity contribution in [1.82, 2.24) is 9.97 Å². The predicted octanol–water partition coefficient (Wildman–Crippen LogP) is 1.50. The minimum atomic E-state index is -0.507. The molecule has 0 spiro atoms. The Labute approximate surface area is 110 Å². The van der Waals surface area contributed by atoms with Crippen molar-refractivity contribution in [2.75, 3.05) is 0 Å². The van der Waals surface area contributed by atoms with Crippen molar-refractivity contribution in [3.05, 3.63) is 38.1 Å². The van der Waals surface area contributed by atoms with Crippen molar-refractivity contribution in [2.45, 2.75) is 45.1 Å². The first-order valence-electron chi connectivity index (χ1n) is 6.68. The van der Waals surface area contributed by atoms with Crippen LogP contribution in [0.15, 0.2) is 21.2 Å². The molecule has 19 heavy (non-hydrogen) atoms. The number of fused-ring (bicyclic) bond motifs is 1. The van der Waals surface area contributed by atoms with Crippen LogP contribution in [0.25, 0.3) is 0 Å². The Morgan fingerprint density at radius 2 is 2.16 bits per heavy atom. The highest BCUT2D eigenvalue weighted by molar-refractivity contribution is 5.31. The van der Waals surface area contributed by atoms with Gasteiger partial charge in [0.05, 0.1) is 5.56 Å². The molecule has 5 nitrogen and oxygen atoms in total. The van der Waals surface area contributed by atoms with E-state index in [1.165, 1.54) is 5.57 Å². The molecule has 0 saturated carbocycles. The highest BCUT2D eigenvalue weighted by Crippen LogP contribution is 2.41. The number of H-pyrrole nitrogens is 2. The zero-order chi connectivity index (χ0) is 13.6. The van der Waals surface area contributed by atoms with Crippen LogP contribution in [0.1, 0.15) is 38.7 Å². The first-order valence-corrected chi connectivity index (χ1v) is 6.68. The van der Waals surface area contributed by atoms with Crippen molar-refractivity contribution in [2.24, 2.45) is 5.92 Å². The molecule has 5 heteroatoms. The number of hydrogen-bond donors (Lipinski definition) is 2. The van der Waals surface area contributed by atoms with Gasteiger partial charge in [-0.25, -0.2) is 4.79 Å². The van der Waals surface area contributed by atoms with Gasteiger partial charge in [-0.2, -0.15) is 0 Å². The number of hydrogen-bond acceptors (Lipinski definition) is 3. The summed E-state index contributed by atoms with van der Waals surface area (Å²) in [6.07, 6.45) is 5.92. The van der Waals surface area contributed by atoms with Crippen LogP contribution in [0.3, 0.4) is 0 Å². The van der Waals surface area contributed by atoms with Crippen molar-refractivity contribution < 1.29 is 4.74 Å². The SMILES string of the molecule is CC1=CC[C@H]([C@@]2(C)Cc3c([nH]c(=O)[nH]c3=O)O2)CC1. The van der Waals surface area contributed by atoms with Gasteiger partial charge in [0.15, 0.2) is 0 Å². The first kappa shape index (κ1) is 12.3. The Morgan fingerprint density at radius 1 is 1.37 bits per heavy atom. The van der Waals surface area contributed by atoms with E-state index in [9.17, 15) is 9.59 Å². The van der Waals surface area contributed by atoms with Crippen molar-refractivity contribution in [3.8, 4) is 5.88 Å². The van der Waals surface area contributed by atoms with E-state index in [-0.39, 0.29) is 5.56 Å². The van der Waals surface area contributed by atoms with Gasteiger partial charge in [0.25, 0.3) is 5.56 Å². The second-order valence-corrected chi connectivity index (χ2v) is 5.83. The summed E-state index contributed by atoms with van der Waals surface area (Å²) in [6, 6.07) is 0. The van der Waals surface area contributed by atoms with Gasteiger partial charge in [-0.1, -0.05) is 11.6 Å². The smallest absolute Gasteiger partial charge is 0.328 e. The third-order valence-electron chi connectivity index (χ3n) is 4.37. The van der Waals surface area contributed by atoms with E-state index in [0.29, 0.717) is 23.8 Å². The van der Waals surface area contributed by atoms with Crippen molar-refractivity contribution in [1.29, 1.82) is 0 Å². The molecule has 0 bridgehead atoms. The molecule has 0 saturated heterocycles. The normalized spacial score (nSPS) is 29.6. The first-order chi connectivity index (χ1) is 8.98. The fourth-order valence-electron chi connectivity index (χ4n) is 3.11. The van der Waals surface area contributed by atoms with Gasteiger partial charge in [0.1, 0.15) is 5.60 Å². The third-order valence-corrected chi connectivity index (χ3v) is 4.37. The predicted molar refractivity (Wildman–Crippen MR) is 71.5 cm³/mol. The summed E-state index contributed by atoms with van der Waals surface area (Å²) in [4.78, 5) is 27.9. The maximum Gasteiger partial charge on any atom is 0.328 e. The molecule has 0 aromatic carbocycles. The minimum absolute atomic E-state index is 0.329. The molecule has 1 aliphatic carbocycles. The van der Waals surface area contributed by atoms with E-state index < -0.39 is 11.3 Å². The van der Waals surface area contributed by atoms with Crippen LogP contribution in [0.4, 0.5) is 0 Å². The molecule has 2 N–H and O–H groups in total. The van der Waals surface area contributed by atoms with Crippen LogP contribution in [-0.2, 0) is 6.42 Å². The lowest BCUT2D eigenvalue weighted by Gasteiger charge is -2.35. The zero-order valence-electron chi connectivity index (χ0n) is 11.2. The molecule has 0 fully saturated rings. The molecular weight excluding hydrogens is 244 g/mol. The van der Waals surface area contributed by atoms with E-state index in [1.807, 2.05) is 6.92 Å². The van der Waals surface area contributed by atoms with E-state index in [2.05, 4.69) is 23.0 Å². The fourth-order valence-corrected chi connectivity index (χ4v) is 3.11. The summed E-state index contributed by atoms with van der Waals surface area (Å²) in [5, 5.41) is 0. The largest absolute Gasteiger partial charge is 0.472 e. The quantitative estimate of drug-likeness (QED) is 0.753. The van der Waals surface area contributed by atoms with E-state index in [0.717, 1.165) is 19.3 Å². The second kappa shape index (κ2) is 4.11. The lowest BCUT2D eigenvalue weighted by molar-refractivity contribution is 0.0385. The Morgan fingerprint density at radius 3 is 2.84 bits per heavy atom. The van der Waals surface area contributed by atoms with Gasteiger partial charge in [0.2, 0.25) is 5.88 Å². The van der Waals surface area contributed by atoms with Crippen molar-refractivity contribution in [3.63, 3.8) is 0 Å². The highest BCUT2D eigenvalue weighted by atomic mass is 16.5. The number of nitrogens with one attached hydrogen (secondary N) is 2. The molecule has 2 heterocycles. The van der Waals surface area contributed by atoms with Crippen LogP contribution >= 0.6 is 0 Å². The molecule has 1 aliphatic heterocycles. The van der Waals surface area contributed by atoms with Crippen LogP contribution in [0, 0.1) is 5.92 Å². The topological polar surface area (TPSA) is 75.0 Å². The van der Waals surface area contributed by atoms with Crippen LogP contribution in [0.5, 0.6) is 5.88 Å². The van der Waals surface area contributed by atoms with Crippen LogP contribution in [-0.4, -0.2) is 15.6 Å². The fraction of sp³-hybridized carbons (Fsp3) is 0.571. The van der Waals surface area contributed by atoms with E-state index >= 15 is 0 Å². The van der Waals surface area contributed by atoms with Gasteiger partial charge in [-0.3, -0.25) is 14.8 Å². The van der Waals surface area contributed by atoms with Crippen LogP contribution < -0.4 is 16.0 Å². The lowest BCUT2D eigenvalue weighted by atomic mass is 9.77. The maximum absolute atomic E-state index is 11.8. The molecule has 0 amide bonds. The van der Waals surface area contributed by atoms with Gasteiger partial charge >= 0.3 is 5.69 Å². The molecule has 1 aromatic heterocycles. The summed E-state index contributed by atoms with van der Waals surface area (Å²) in [5.41, 5.74) is 0.754. The number of aromatic amines is 2. The lowest BCUT2D eigenvalue weighted by Crippen LogP contribution is -2.40. The Bertz CT molecular complexity index is 655. The maximum atomic E-state index is 11.8. The Balaban J connectivity index is 1.92. The van der Waals surface area contributed by atoms with E-state index in [1.54, 1.807) is 0 Å². The number of allylic oxidation sites excluding steroid dienone is 2. The molecule has 3 rings (SSSR count). The summed E-state index contributed by atoms with van der Waals surface area (Å²) >= 11 is 0. The van der Waals surface area contributed by atoms with Gasteiger partial charge in [-0.15, -0.1) is 0 Å². The van der Waals surface area contributed by atoms with Crippen LogP contribution in [0.2, 0.25) is 0 Å². The molecule has 1 aromatic rings. The number of ether oxygens (including phenoxy) is 1. The molecule has 102 valence electrons. The molecule has 0 unspecified atom stereocenters. The standard InChI is InChI=1S/C14H18N2O3/c1-8-3-5-9(6-4-8)14(2)7-10-11(17)15-13(18)16-12(10)19-14/h3,9H,4-7H2,1-2H3,(H2,15,16,17,18)/t9-,14+/m0/s1. The highest BCUT2D eigenvalue weighted by Gasteiger charge is 2.43. The molecule has 0 radical (unpaired) electrons. The third kappa shape index (κ3) is 2.03. The average Bonchev–Trinajstić information content (AvgIpc) is 2.68. The second-order valence-electron chi connectivity index (χ2n) is 5.83. The average molecular weight is 262 g/mol. The minimum Gasteiger partial charge on any atom is -0.472 e. The Kier molecular flexibility index (Phi) is 2.66.